The van der Waals surface area contributed by atoms with Gasteiger partial charge in [0.05, 0.1) is 0 Å². The van der Waals surface area contributed by atoms with E-state index in [1.165, 1.54) is 29.2 Å². The van der Waals surface area contributed by atoms with Crippen LogP contribution >= 0.6 is 0 Å². The number of rotatable bonds is 6. The molecule has 1 N–H and O–H groups in total. The number of nitrogens with one attached hydrogen (secondary N) is 1. The van der Waals surface area contributed by atoms with Crippen LogP contribution in [0.3, 0.4) is 0 Å². The van der Waals surface area contributed by atoms with Gasteiger partial charge in [-0.3, -0.25) is 14.5 Å². The Balaban J connectivity index is 1.87. The molecule has 4 amide bonds. The molecule has 1 saturated heterocycles. The van der Waals surface area contributed by atoms with E-state index in [9.17, 15) is 18.8 Å². The molecule has 1 heterocycles. The molecule has 0 spiro atoms. The molecule has 0 radical (unpaired) electrons. The summed E-state index contributed by atoms with van der Waals surface area (Å²) in [6.07, 6.45) is 0.359. The van der Waals surface area contributed by atoms with Gasteiger partial charge in [0, 0.05) is 11.7 Å². The predicted octanol–water partition coefficient (Wildman–Crippen LogP) is 3.42. The average Bonchev–Trinajstić information content (AvgIpc) is 2.95. The Labute approximate surface area is 169 Å². The van der Waals surface area contributed by atoms with Crippen LogP contribution in [0.25, 0.3) is 0 Å². The lowest BCUT2D eigenvalue weighted by Crippen LogP contribution is -2.47. The van der Waals surface area contributed by atoms with Gasteiger partial charge >= 0.3 is 6.03 Å². The van der Waals surface area contributed by atoms with Crippen LogP contribution in [0.15, 0.2) is 54.6 Å². The molecule has 6 nitrogen and oxygen atoms in total. The highest BCUT2D eigenvalue weighted by Gasteiger charge is 2.51. The van der Waals surface area contributed by atoms with Crippen molar-refractivity contribution in [2.75, 3.05) is 11.4 Å². The second-order valence-electron chi connectivity index (χ2n) is 7.28. The molecule has 1 aliphatic rings. The number of halogens is 1. The summed E-state index contributed by atoms with van der Waals surface area (Å²) in [4.78, 5) is 41.2. The van der Waals surface area contributed by atoms with Crippen LogP contribution in [0.4, 0.5) is 14.9 Å². The Morgan fingerprint density at radius 3 is 2.28 bits per heavy atom. The summed E-state index contributed by atoms with van der Waals surface area (Å²) in [6, 6.07) is 13.7. The number of imide groups is 1. The Bertz CT molecular complexity index is 915. The van der Waals surface area contributed by atoms with Gasteiger partial charge in [0.25, 0.3) is 5.91 Å². The Kier molecular flexibility index (Phi) is 5.68. The molecular formula is C22H24FN3O3. The number of anilines is 1. The van der Waals surface area contributed by atoms with Crippen LogP contribution in [-0.4, -0.2) is 35.3 Å². The lowest BCUT2D eigenvalue weighted by atomic mass is 9.87. The van der Waals surface area contributed by atoms with Crippen molar-refractivity contribution in [3.05, 3.63) is 66.0 Å². The van der Waals surface area contributed by atoms with Crippen molar-refractivity contribution in [2.24, 2.45) is 0 Å². The van der Waals surface area contributed by atoms with Gasteiger partial charge in [-0.05, 0) is 50.1 Å². The molecule has 7 heteroatoms. The largest absolute Gasteiger partial charge is 0.325 e. The molecule has 0 aromatic heterocycles. The first-order chi connectivity index (χ1) is 13.8. The summed E-state index contributed by atoms with van der Waals surface area (Å²) in [7, 11) is 0. The second kappa shape index (κ2) is 8.03. The Morgan fingerprint density at radius 2 is 1.72 bits per heavy atom. The molecule has 1 fully saturated rings. The molecule has 2 aromatic rings. The van der Waals surface area contributed by atoms with E-state index < -0.39 is 35.7 Å². The highest BCUT2D eigenvalue weighted by atomic mass is 19.1. The zero-order chi connectivity index (χ0) is 21.2. The number of urea groups is 1. The first-order valence-corrected chi connectivity index (χ1v) is 9.57. The van der Waals surface area contributed by atoms with E-state index in [0.717, 1.165) is 4.90 Å². The monoisotopic (exact) mass is 397 g/mol. The number of carbonyl (C=O) groups is 3. The van der Waals surface area contributed by atoms with Crippen molar-refractivity contribution in [3.8, 4) is 0 Å². The maximum absolute atomic E-state index is 13.3. The topological polar surface area (TPSA) is 69.7 Å². The minimum absolute atomic E-state index is 0.237. The smallest absolute Gasteiger partial charge is 0.319 e. The van der Waals surface area contributed by atoms with Crippen molar-refractivity contribution in [1.82, 2.24) is 10.2 Å². The summed E-state index contributed by atoms with van der Waals surface area (Å²) in [5.41, 5.74) is -0.00438. The van der Waals surface area contributed by atoms with Gasteiger partial charge in [0.1, 0.15) is 17.9 Å². The summed E-state index contributed by atoms with van der Waals surface area (Å²) in [5, 5.41) is 2.77. The highest BCUT2D eigenvalue weighted by molar-refractivity contribution is 6.10. The average molecular weight is 397 g/mol. The standard InChI is InChI=1S/C22H24FN3O3/c1-4-22(16-8-6-5-7-9-16)20(28)25(21(29)24-22)14-19(27)26(15(2)3)18-12-10-17(23)11-13-18/h5-13,15H,4,14H2,1-3H3,(H,24,29). The Morgan fingerprint density at radius 1 is 1.10 bits per heavy atom. The van der Waals surface area contributed by atoms with E-state index >= 15 is 0 Å². The quantitative estimate of drug-likeness (QED) is 0.760. The van der Waals surface area contributed by atoms with Gasteiger partial charge in [-0.25, -0.2) is 9.18 Å². The van der Waals surface area contributed by atoms with Crippen molar-refractivity contribution in [1.29, 1.82) is 0 Å². The van der Waals surface area contributed by atoms with Crippen molar-refractivity contribution >= 4 is 23.5 Å². The SMILES string of the molecule is CCC1(c2ccccc2)NC(=O)N(CC(=O)N(c2ccc(F)cc2)C(C)C)C1=O. The molecule has 0 bridgehead atoms. The molecule has 1 atom stereocenters. The first-order valence-electron chi connectivity index (χ1n) is 9.57. The molecule has 0 saturated carbocycles. The molecule has 3 rings (SSSR count). The Hall–Kier alpha value is -3.22. The minimum atomic E-state index is -1.18. The van der Waals surface area contributed by atoms with Crippen LogP contribution in [-0.2, 0) is 15.1 Å². The lowest BCUT2D eigenvalue weighted by molar-refractivity contribution is -0.134. The van der Waals surface area contributed by atoms with Gasteiger partial charge in [-0.2, -0.15) is 0 Å². The molecular weight excluding hydrogens is 373 g/mol. The lowest BCUT2D eigenvalue weighted by Gasteiger charge is -2.29. The van der Waals surface area contributed by atoms with E-state index in [1.807, 2.05) is 26.8 Å². The third-order valence-corrected chi connectivity index (χ3v) is 5.16. The predicted molar refractivity (Wildman–Crippen MR) is 108 cm³/mol. The number of hydrogen-bond acceptors (Lipinski definition) is 3. The number of carbonyl (C=O) groups excluding carboxylic acids is 3. The molecule has 152 valence electrons. The summed E-state index contributed by atoms with van der Waals surface area (Å²) < 4.78 is 13.3. The summed E-state index contributed by atoms with van der Waals surface area (Å²) in [5.74, 6) is -1.28. The first kappa shape index (κ1) is 20.5. The van der Waals surface area contributed by atoms with Crippen LogP contribution in [0.2, 0.25) is 0 Å². The third-order valence-electron chi connectivity index (χ3n) is 5.16. The fourth-order valence-corrected chi connectivity index (χ4v) is 3.68. The summed E-state index contributed by atoms with van der Waals surface area (Å²) >= 11 is 0. The van der Waals surface area contributed by atoms with E-state index in [4.69, 9.17) is 0 Å². The maximum Gasteiger partial charge on any atom is 0.325 e. The molecule has 0 aliphatic carbocycles. The van der Waals surface area contributed by atoms with E-state index in [1.54, 1.807) is 24.3 Å². The normalized spacial score (nSPS) is 18.9. The fraction of sp³-hybridized carbons (Fsp3) is 0.318. The number of amides is 4. The van der Waals surface area contributed by atoms with Crippen LogP contribution in [0.5, 0.6) is 0 Å². The van der Waals surface area contributed by atoms with Crippen LogP contribution < -0.4 is 10.2 Å². The van der Waals surface area contributed by atoms with E-state index in [2.05, 4.69) is 5.32 Å². The summed E-state index contributed by atoms with van der Waals surface area (Å²) in [6.45, 7) is 5.05. The number of nitrogens with zero attached hydrogens (tertiary/aromatic N) is 2. The minimum Gasteiger partial charge on any atom is -0.319 e. The highest BCUT2D eigenvalue weighted by Crippen LogP contribution is 2.32. The van der Waals surface area contributed by atoms with Gasteiger partial charge in [0.2, 0.25) is 5.91 Å². The molecule has 2 aromatic carbocycles. The van der Waals surface area contributed by atoms with Gasteiger partial charge < -0.3 is 10.2 Å². The van der Waals surface area contributed by atoms with Gasteiger partial charge in [0.15, 0.2) is 0 Å². The zero-order valence-corrected chi connectivity index (χ0v) is 16.7. The molecule has 29 heavy (non-hydrogen) atoms. The number of benzene rings is 2. The van der Waals surface area contributed by atoms with Crippen molar-refractivity contribution in [2.45, 2.75) is 38.8 Å². The fourth-order valence-electron chi connectivity index (χ4n) is 3.68. The van der Waals surface area contributed by atoms with E-state index in [-0.39, 0.29) is 6.04 Å². The third kappa shape index (κ3) is 3.72. The van der Waals surface area contributed by atoms with Gasteiger partial charge in [-0.15, -0.1) is 0 Å². The van der Waals surface area contributed by atoms with Crippen LogP contribution in [0.1, 0.15) is 32.8 Å². The van der Waals surface area contributed by atoms with Crippen molar-refractivity contribution < 1.29 is 18.8 Å². The maximum atomic E-state index is 13.3. The second-order valence-corrected chi connectivity index (χ2v) is 7.28. The van der Waals surface area contributed by atoms with E-state index in [0.29, 0.717) is 17.7 Å². The molecule has 1 unspecified atom stereocenters. The van der Waals surface area contributed by atoms with Crippen LogP contribution in [0, 0.1) is 5.82 Å². The van der Waals surface area contributed by atoms with Crippen molar-refractivity contribution in [3.63, 3.8) is 0 Å². The molecule has 1 aliphatic heterocycles. The van der Waals surface area contributed by atoms with Gasteiger partial charge in [-0.1, -0.05) is 37.3 Å². The zero-order valence-electron chi connectivity index (χ0n) is 16.7. The number of hydrogen-bond donors (Lipinski definition) is 1.